The summed E-state index contributed by atoms with van der Waals surface area (Å²) in [6, 6.07) is 6.12. The number of benzene rings is 1. The molecular formula is C24H26Br2N2O7. The fourth-order valence-electron chi connectivity index (χ4n) is 5.10. The molecule has 0 radical (unpaired) electrons. The number of rotatable bonds is 8. The van der Waals surface area contributed by atoms with Gasteiger partial charge in [-0.05, 0) is 48.4 Å². The average Bonchev–Trinajstić information content (AvgIpc) is 3.43. The number of esters is 2. The van der Waals surface area contributed by atoms with E-state index in [1.165, 1.54) is 24.3 Å². The van der Waals surface area contributed by atoms with Gasteiger partial charge in [-0.1, -0.05) is 45.7 Å². The predicted octanol–water partition coefficient (Wildman–Crippen LogP) is 2.76. The molecule has 3 fully saturated rings. The molecule has 188 valence electrons. The zero-order chi connectivity index (χ0) is 25.4. The minimum absolute atomic E-state index is 0.0565. The van der Waals surface area contributed by atoms with Gasteiger partial charge in [0.05, 0.1) is 24.0 Å². The molecule has 1 aromatic rings. The van der Waals surface area contributed by atoms with Gasteiger partial charge in [-0.2, -0.15) is 0 Å². The molecule has 1 aliphatic heterocycles. The minimum atomic E-state index is -0.830. The summed E-state index contributed by atoms with van der Waals surface area (Å²) in [6.07, 6.45) is 0.803. The first kappa shape index (κ1) is 25.8. The molecule has 3 amide bonds. The summed E-state index contributed by atoms with van der Waals surface area (Å²) in [7, 11) is 0. The number of halogens is 2. The quantitative estimate of drug-likeness (QED) is 0.272. The Morgan fingerprint density at radius 1 is 1.00 bits per heavy atom. The Bertz CT molecular complexity index is 1010. The summed E-state index contributed by atoms with van der Waals surface area (Å²) in [5.74, 6) is -3.04. The van der Waals surface area contributed by atoms with E-state index >= 15 is 0 Å². The van der Waals surface area contributed by atoms with Crippen molar-refractivity contribution in [1.29, 1.82) is 0 Å². The number of hydrogen-bond acceptors (Lipinski definition) is 7. The highest BCUT2D eigenvalue weighted by atomic mass is 79.9. The predicted molar refractivity (Wildman–Crippen MR) is 132 cm³/mol. The van der Waals surface area contributed by atoms with E-state index in [0.717, 1.165) is 11.3 Å². The standard InChI is InChI=1S/C24H26Br2N2O7/c1-11(2)9-35-24(33)12-3-5-13(6-4-12)27-16(29)10-34-17(30)8-28-22(31)18-14-7-15(19(18)23(28)32)21(26)20(14)25/h3-6,11,14-15,18-21H,7-10H2,1-2H3,(H,27,29)/t14-,15-,18-,19-,20-,21+/m1/s1. The maximum absolute atomic E-state index is 12.9. The number of amides is 3. The van der Waals surface area contributed by atoms with E-state index in [9.17, 15) is 24.0 Å². The van der Waals surface area contributed by atoms with Gasteiger partial charge in [0.2, 0.25) is 11.8 Å². The third kappa shape index (κ3) is 5.16. The summed E-state index contributed by atoms with van der Waals surface area (Å²) < 4.78 is 10.1. The summed E-state index contributed by atoms with van der Waals surface area (Å²) >= 11 is 7.24. The van der Waals surface area contributed by atoms with E-state index in [2.05, 4.69) is 37.2 Å². The van der Waals surface area contributed by atoms with Crippen molar-refractivity contribution in [3.8, 4) is 0 Å². The molecule has 9 nitrogen and oxygen atoms in total. The van der Waals surface area contributed by atoms with Crippen LogP contribution < -0.4 is 5.32 Å². The van der Waals surface area contributed by atoms with Gasteiger partial charge in [-0.15, -0.1) is 0 Å². The fraction of sp³-hybridized carbons (Fsp3) is 0.542. The molecule has 2 aliphatic carbocycles. The van der Waals surface area contributed by atoms with Crippen molar-refractivity contribution in [2.24, 2.45) is 29.6 Å². The number of nitrogens with one attached hydrogen (secondary N) is 1. The van der Waals surface area contributed by atoms with Crippen LogP contribution in [0.2, 0.25) is 0 Å². The van der Waals surface area contributed by atoms with Gasteiger partial charge in [0, 0.05) is 15.3 Å². The van der Waals surface area contributed by atoms with Crippen LogP contribution in [0.5, 0.6) is 0 Å². The average molecular weight is 614 g/mol. The molecular weight excluding hydrogens is 588 g/mol. The Hall–Kier alpha value is -2.27. The van der Waals surface area contributed by atoms with Crippen molar-refractivity contribution >= 4 is 67.2 Å². The topological polar surface area (TPSA) is 119 Å². The van der Waals surface area contributed by atoms with Gasteiger partial charge < -0.3 is 14.8 Å². The van der Waals surface area contributed by atoms with E-state index in [0.29, 0.717) is 17.9 Å². The van der Waals surface area contributed by atoms with Crippen LogP contribution in [0.4, 0.5) is 5.69 Å². The molecule has 0 aromatic heterocycles. The van der Waals surface area contributed by atoms with Crippen molar-refractivity contribution in [2.75, 3.05) is 25.1 Å². The van der Waals surface area contributed by atoms with Gasteiger partial charge >= 0.3 is 11.9 Å². The molecule has 0 unspecified atom stereocenters. The van der Waals surface area contributed by atoms with Crippen LogP contribution in [0.15, 0.2) is 24.3 Å². The van der Waals surface area contributed by atoms with Crippen LogP contribution in [0.1, 0.15) is 30.6 Å². The van der Waals surface area contributed by atoms with Crippen LogP contribution in [0, 0.1) is 29.6 Å². The highest BCUT2D eigenvalue weighted by Crippen LogP contribution is 2.60. The van der Waals surface area contributed by atoms with Gasteiger partial charge in [0.15, 0.2) is 6.61 Å². The van der Waals surface area contributed by atoms with E-state index in [1.807, 2.05) is 13.8 Å². The van der Waals surface area contributed by atoms with Crippen molar-refractivity contribution in [3.63, 3.8) is 0 Å². The Labute approximate surface area is 219 Å². The maximum Gasteiger partial charge on any atom is 0.338 e. The van der Waals surface area contributed by atoms with E-state index in [-0.39, 0.29) is 39.2 Å². The van der Waals surface area contributed by atoms with Crippen molar-refractivity contribution in [2.45, 2.75) is 29.9 Å². The number of hydrogen-bond donors (Lipinski definition) is 1. The lowest BCUT2D eigenvalue weighted by atomic mass is 9.81. The largest absolute Gasteiger partial charge is 0.462 e. The van der Waals surface area contributed by atoms with E-state index in [4.69, 9.17) is 9.47 Å². The number of ether oxygens (including phenoxy) is 2. The third-order valence-corrected chi connectivity index (χ3v) is 9.89. The van der Waals surface area contributed by atoms with Gasteiger partial charge in [0.25, 0.3) is 5.91 Å². The molecule has 1 heterocycles. The lowest BCUT2D eigenvalue weighted by molar-refractivity contribution is -0.154. The van der Waals surface area contributed by atoms with Gasteiger partial charge in [-0.3, -0.25) is 24.1 Å². The fourth-order valence-corrected chi connectivity index (χ4v) is 6.97. The molecule has 1 N–H and O–H groups in total. The Kier molecular flexibility index (Phi) is 7.65. The third-order valence-electron chi connectivity index (χ3n) is 6.68. The second kappa shape index (κ2) is 10.4. The number of likely N-dealkylation sites (tertiary alicyclic amines) is 1. The van der Waals surface area contributed by atoms with Crippen LogP contribution in [0.25, 0.3) is 0 Å². The second-order valence-electron chi connectivity index (χ2n) is 9.54. The Morgan fingerprint density at radius 2 is 1.57 bits per heavy atom. The molecule has 35 heavy (non-hydrogen) atoms. The van der Waals surface area contributed by atoms with E-state index < -0.39 is 42.8 Å². The normalized spacial score (nSPS) is 28.9. The molecule has 2 bridgehead atoms. The van der Waals surface area contributed by atoms with Crippen molar-refractivity contribution < 1.29 is 33.4 Å². The van der Waals surface area contributed by atoms with Gasteiger partial charge in [-0.25, -0.2) is 4.79 Å². The number of carbonyl (C=O) groups excluding carboxylic acids is 5. The van der Waals surface area contributed by atoms with Crippen LogP contribution in [-0.4, -0.2) is 64.0 Å². The molecule has 3 aliphatic rings. The Morgan fingerprint density at radius 3 is 2.11 bits per heavy atom. The van der Waals surface area contributed by atoms with Crippen LogP contribution >= 0.6 is 31.9 Å². The Balaban J connectivity index is 1.24. The number of alkyl halides is 2. The second-order valence-corrected chi connectivity index (χ2v) is 11.7. The zero-order valence-electron chi connectivity index (χ0n) is 19.2. The number of nitrogens with zero attached hydrogens (tertiary/aromatic N) is 1. The highest BCUT2D eigenvalue weighted by Gasteiger charge is 2.66. The smallest absolute Gasteiger partial charge is 0.338 e. The number of carbonyl (C=O) groups is 5. The van der Waals surface area contributed by atoms with Crippen LogP contribution in [-0.2, 0) is 28.7 Å². The summed E-state index contributed by atoms with van der Waals surface area (Å²) in [5.41, 5.74) is 0.763. The highest BCUT2D eigenvalue weighted by molar-refractivity contribution is 9.12. The summed E-state index contributed by atoms with van der Waals surface area (Å²) in [5, 5.41) is 2.56. The van der Waals surface area contributed by atoms with Gasteiger partial charge in [0.1, 0.15) is 6.54 Å². The monoisotopic (exact) mass is 612 g/mol. The molecule has 0 spiro atoms. The number of anilines is 1. The minimum Gasteiger partial charge on any atom is -0.462 e. The lowest BCUT2D eigenvalue weighted by Gasteiger charge is -2.28. The van der Waals surface area contributed by atoms with Crippen LogP contribution in [0.3, 0.4) is 0 Å². The molecule has 4 rings (SSSR count). The molecule has 1 saturated heterocycles. The van der Waals surface area contributed by atoms with Crippen molar-refractivity contribution in [1.82, 2.24) is 4.90 Å². The lowest BCUT2D eigenvalue weighted by Crippen LogP contribution is -2.38. The first-order valence-electron chi connectivity index (χ1n) is 11.4. The molecule has 6 atom stereocenters. The first-order chi connectivity index (χ1) is 16.6. The zero-order valence-corrected chi connectivity index (χ0v) is 22.4. The summed E-state index contributed by atoms with van der Waals surface area (Å²) in [6.45, 7) is 3.10. The SMILES string of the molecule is CC(C)COC(=O)c1ccc(NC(=O)COC(=O)CN2C(=O)[C@@H]3[C@H]4C[C@@H]([C@@H](Br)[C@H]4Br)[C@H]3C2=O)cc1. The van der Waals surface area contributed by atoms with E-state index in [1.54, 1.807) is 0 Å². The molecule has 2 saturated carbocycles. The van der Waals surface area contributed by atoms with Crippen molar-refractivity contribution in [3.05, 3.63) is 29.8 Å². The first-order valence-corrected chi connectivity index (χ1v) is 13.3. The number of imide groups is 1. The maximum atomic E-state index is 12.9. The number of fused-ring (bicyclic) bond motifs is 5. The molecule has 1 aromatic carbocycles. The molecule has 11 heteroatoms. The summed E-state index contributed by atoms with van der Waals surface area (Å²) in [4.78, 5) is 63.3.